The molecule has 108 valence electrons. The number of rotatable bonds is 7. The lowest BCUT2D eigenvalue weighted by Gasteiger charge is -2.11. The summed E-state index contributed by atoms with van der Waals surface area (Å²) in [6, 6.07) is 7.57. The smallest absolute Gasteiger partial charge is 0.389 e. The molecule has 0 heterocycles. The minimum Gasteiger partial charge on any atom is -0.491 e. The molecule has 0 bridgehead atoms. The molecule has 0 spiro atoms. The topological polar surface area (TPSA) is 21.3 Å². The zero-order valence-corrected chi connectivity index (χ0v) is 11.3. The Bertz CT molecular complexity index is 377. The van der Waals surface area contributed by atoms with Crippen molar-refractivity contribution in [2.75, 3.05) is 6.54 Å². The van der Waals surface area contributed by atoms with Crippen LogP contribution in [0.5, 0.6) is 5.75 Å². The van der Waals surface area contributed by atoms with Crippen LogP contribution in [0.4, 0.5) is 13.2 Å². The summed E-state index contributed by atoms with van der Waals surface area (Å²) < 4.78 is 41.4. The van der Waals surface area contributed by atoms with Crippen LogP contribution in [0.1, 0.15) is 32.3 Å². The first kappa shape index (κ1) is 15.8. The summed E-state index contributed by atoms with van der Waals surface area (Å²) in [7, 11) is 0. The number of hydrogen-bond acceptors (Lipinski definition) is 2. The maximum Gasteiger partial charge on any atom is 0.389 e. The normalized spacial score (nSPS) is 11.9. The van der Waals surface area contributed by atoms with E-state index in [-0.39, 0.29) is 12.5 Å². The van der Waals surface area contributed by atoms with Gasteiger partial charge in [-0.25, -0.2) is 0 Å². The molecule has 1 N–H and O–H groups in total. The maximum absolute atomic E-state index is 11.9. The third kappa shape index (κ3) is 7.72. The molecular weight excluding hydrogens is 255 g/mol. The second-order valence-corrected chi connectivity index (χ2v) is 4.71. The minimum atomic E-state index is -4.06. The summed E-state index contributed by atoms with van der Waals surface area (Å²) in [5.41, 5.74) is 1.00. The number of hydrogen-bond donors (Lipinski definition) is 1. The van der Waals surface area contributed by atoms with Gasteiger partial charge in [0.1, 0.15) is 5.75 Å². The fourth-order valence-electron chi connectivity index (χ4n) is 1.65. The molecule has 0 aliphatic heterocycles. The molecule has 0 saturated carbocycles. The van der Waals surface area contributed by atoms with Gasteiger partial charge in [-0.3, -0.25) is 0 Å². The molecule has 0 amide bonds. The van der Waals surface area contributed by atoms with Crippen molar-refractivity contribution in [3.8, 4) is 5.75 Å². The van der Waals surface area contributed by atoms with Crippen LogP contribution in [0.15, 0.2) is 24.3 Å². The van der Waals surface area contributed by atoms with Crippen LogP contribution in [-0.4, -0.2) is 18.8 Å². The number of halogens is 3. The van der Waals surface area contributed by atoms with E-state index < -0.39 is 12.6 Å². The number of nitrogens with one attached hydrogen (secondary N) is 1. The van der Waals surface area contributed by atoms with E-state index in [1.165, 1.54) is 0 Å². The van der Waals surface area contributed by atoms with Crippen LogP contribution in [0, 0.1) is 0 Å². The molecule has 0 unspecified atom stereocenters. The molecule has 0 saturated heterocycles. The van der Waals surface area contributed by atoms with E-state index in [1.807, 2.05) is 38.1 Å². The van der Waals surface area contributed by atoms with E-state index in [0.717, 1.165) is 11.3 Å². The number of benzene rings is 1. The van der Waals surface area contributed by atoms with E-state index in [9.17, 15) is 13.2 Å². The highest BCUT2D eigenvalue weighted by Crippen LogP contribution is 2.20. The first-order chi connectivity index (χ1) is 8.87. The molecular formula is C14H20F3NO. The SMILES string of the molecule is CC(C)Oc1cccc(CNCCCC(F)(F)F)c1. The first-order valence-corrected chi connectivity index (χ1v) is 6.40. The fraction of sp³-hybridized carbons (Fsp3) is 0.571. The Morgan fingerprint density at radius 3 is 2.63 bits per heavy atom. The summed E-state index contributed by atoms with van der Waals surface area (Å²) in [6.07, 6.45) is -4.59. The van der Waals surface area contributed by atoms with Gasteiger partial charge < -0.3 is 10.1 Å². The van der Waals surface area contributed by atoms with Crippen LogP contribution in [-0.2, 0) is 6.54 Å². The molecule has 0 aliphatic rings. The monoisotopic (exact) mass is 275 g/mol. The lowest BCUT2D eigenvalue weighted by Crippen LogP contribution is -2.17. The van der Waals surface area contributed by atoms with Crippen LogP contribution < -0.4 is 10.1 Å². The van der Waals surface area contributed by atoms with E-state index >= 15 is 0 Å². The van der Waals surface area contributed by atoms with Crippen molar-refractivity contribution in [1.82, 2.24) is 5.32 Å². The van der Waals surface area contributed by atoms with E-state index in [4.69, 9.17) is 4.74 Å². The van der Waals surface area contributed by atoms with Gasteiger partial charge in [-0.1, -0.05) is 12.1 Å². The second-order valence-electron chi connectivity index (χ2n) is 4.71. The van der Waals surface area contributed by atoms with Crippen molar-refractivity contribution in [1.29, 1.82) is 0 Å². The van der Waals surface area contributed by atoms with Crippen LogP contribution in [0.2, 0.25) is 0 Å². The highest BCUT2D eigenvalue weighted by atomic mass is 19.4. The zero-order valence-electron chi connectivity index (χ0n) is 11.3. The Kier molecular flexibility index (Phi) is 6.15. The lowest BCUT2D eigenvalue weighted by molar-refractivity contribution is -0.135. The first-order valence-electron chi connectivity index (χ1n) is 6.40. The molecule has 0 aromatic heterocycles. The van der Waals surface area contributed by atoms with Gasteiger partial charge in [0.25, 0.3) is 0 Å². The van der Waals surface area contributed by atoms with Gasteiger partial charge in [-0.05, 0) is 44.5 Å². The third-order valence-electron chi connectivity index (χ3n) is 2.41. The van der Waals surface area contributed by atoms with E-state index in [1.54, 1.807) is 0 Å². The Morgan fingerprint density at radius 2 is 2.00 bits per heavy atom. The van der Waals surface area contributed by atoms with Crippen molar-refractivity contribution in [2.24, 2.45) is 0 Å². The quantitative estimate of drug-likeness (QED) is 0.762. The molecule has 0 aliphatic carbocycles. The van der Waals surface area contributed by atoms with Crippen LogP contribution in [0.25, 0.3) is 0 Å². The van der Waals surface area contributed by atoms with Crippen molar-refractivity contribution in [2.45, 2.75) is 45.5 Å². The van der Waals surface area contributed by atoms with Gasteiger partial charge in [0.2, 0.25) is 0 Å². The third-order valence-corrected chi connectivity index (χ3v) is 2.41. The lowest BCUT2D eigenvalue weighted by atomic mass is 10.2. The summed E-state index contributed by atoms with van der Waals surface area (Å²) in [5, 5.41) is 3.00. The zero-order chi connectivity index (χ0) is 14.3. The van der Waals surface area contributed by atoms with E-state index in [0.29, 0.717) is 13.1 Å². The average Bonchev–Trinajstić information content (AvgIpc) is 2.26. The van der Waals surface area contributed by atoms with Gasteiger partial charge >= 0.3 is 6.18 Å². The van der Waals surface area contributed by atoms with Gasteiger partial charge in [-0.2, -0.15) is 13.2 Å². The number of alkyl halides is 3. The Labute approximate surface area is 112 Å². The highest BCUT2D eigenvalue weighted by molar-refractivity contribution is 5.28. The van der Waals surface area contributed by atoms with Crippen molar-refractivity contribution >= 4 is 0 Å². The van der Waals surface area contributed by atoms with Crippen molar-refractivity contribution < 1.29 is 17.9 Å². The predicted octanol–water partition coefficient (Wildman–Crippen LogP) is 3.91. The predicted molar refractivity (Wildman–Crippen MR) is 69.2 cm³/mol. The molecule has 2 nitrogen and oxygen atoms in total. The largest absolute Gasteiger partial charge is 0.491 e. The summed E-state index contributed by atoms with van der Waals surface area (Å²) in [4.78, 5) is 0. The van der Waals surface area contributed by atoms with Crippen LogP contribution >= 0.6 is 0 Å². The van der Waals surface area contributed by atoms with Crippen molar-refractivity contribution in [3.63, 3.8) is 0 Å². The molecule has 5 heteroatoms. The van der Waals surface area contributed by atoms with Gasteiger partial charge in [0.15, 0.2) is 0 Å². The summed E-state index contributed by atoms with van der Waals surface area (Å²) in [6.45, 7) is 4.80. The van der Waals surface area contributed by atoms with Gasteiger partial charge in [0.05, 0.1) is 6.10 Å². The standard InChI is InChI=1S/C14H20F3NO/c1-11(2)19-13-6-3-5-12(9-13)10-18-8-4-7-14(15,16)17/h3,5-6,9,11,18H,4,7-8,10H2,1-2H3. The average molecular weight is 275 g/mol. The molecule has 0 fully saturated rings. The summed E-state index contributed by atoms with van der Waals surface area (Å²) >= 11 is 0. The molecule has 1 aromatic carbocycles. The molecule has 1 aromatic rings. The maximum atomic E-state index is 11.9. The molecule has 0 atom stereocenters. The summed E-state index contributed by atoms with van der Waals surface area (Å²) in [5.74, 6) is 0.782. The Hall–Kier alpha value is -1.23. The highest BCUT2D eigenvalue weighted by Gasteiger charge is 2.25. The van der Waals surface area contributed by atoms with Gasteiger partial charge in [-0.15, -0.1) is 0 Å². The Balaban J connectivity index is 2.29. The number of ether oxygens (including phenoxy) is 1. The minimum absolute atomic E-state index is 0.103. The second kappa shape index (κ2) is 7.38. The van der Waals surface area contributed by atoms with Crippen molar-refractivity contribution in [3.05, 3.63) is 29.8 Å². The fourth-order valence-corrected chi connectivity index (χ4v) is 1.65. The van der Waals surface area contributed by atoms with E-state index in [2.05, 4.69) is 5.32 Å². The van der Waals surface area contributed by atoms with Crippen LogP contribution in [0.3, 0.4) is 0 Å². The molecule has 0 radical (unpaired) electrons. The molecule has 19 heavy (non-hydrogen) atoms. The van der Waals surface area contributed by atoms with Gasteiger partial charge in [0, 0.05) is 13.0 Å². The molecule has 1 rings (SSSR count). The Morgan fingerprint density at radius 1 is 1.26 bits per heavy atom.